The lowest BCUT2D eigenvalue weighted by Gasteiger charge is -2.41. The van der Waals surface area contributed by atoms with Crippen molar-refractivity contribution in [1.82, 2.24) is 4.31 Å². The zero-order chi connectivity index (χ0) is 15.9. The highest BCUT2D eigenvalue weighted by Crippen LogP contribution is 2.35. The molecule has 0 unspecified atom stereocenters. The van der Waals surface area contributed by atoms with Crippen molar-refractivity contribution in [2.75, 3.05) is 6.54 Å². The Balaban J connectivity index is 2.45. The van der Waals surface area contributed by atoms with E-state index in [0.717, 1.165) is 25.0 Å². The summed E-state index contributed by atoms with van der Waals surface area (Å²) in [4.78, 5) is -0.299. The molecule has 0 atom stereocenters. The van der Waals surface area contributed by atoms with E-state index in [0.29, 0.717) is 19.0 Å². The molecule has 2 rings (SSSR count). The lowest BCUT2D eigenvalue weighted by atomic mass is 9.93. The maximum Gasteiger partial charge on any atom is 0.416 e. The molecular formula is C14H18F3NO2S. The number of piperidine rings is 1. The zero-order valence-corrected chi connectivity index (χ0v) is 12.8. The van der Waals surface area contributed by atoms with E-state index in [1.54, 1.807) is 13.8 Å². The molecule has 0 aromatic heterocycles. The first kappa shape index (κ1) is 16.3. The molecule has 1 aliphatic rings. The van der Waals surface area contributed by atoms with Crippen molar-refractivity contribution in [3.63, 3.8) is 0 Å². The Morgan fingerprint density at radius 2 is 1.86 bits per heavy atom. The summed E-state index contributed by atoms with van der Waals surface area (Å²) in [6.45, 7) is 3.94. The van der Waals surface area contributed by atoms with Crippen LogP contribution in [0.25, 0.3) is 0 Å². The van der Waals surface area contributed by atoms with Crippen LogP contribution >= 0.6 is 0 Å². The van der Waals surface area contributed by atoms with Crippen molar-refractivity contribution >= 4 is 10.0 Å². The van der Waals surface area contributed by atoms with Crippen LogP contribution in [0.1, 0.15) is 38.7 Å². The van der Waals surface area contributed by atoms with Crippen LogP contribution in [0.15, 0.2) is 29.2 Å². The molecule has 3 nitrogen and oxygen atoms in total. The zero-order valence-electron chi connectivity index (χ0n) is 11.9. The van der Waals surface area contributed by atoms with Crippen LogP contribution in [-0.2, 0) is 16.2 Å². The monoisotopic (exact) mass is 321 g/mol. The molecule has 21 heavy (non-hydrogen) atoms. The van der Waals surface area contributed by atoms with E-state index >= 15 is 0 Å². The summed E-state index contributed by atoms with van der Waals surface area (Å²) in [5.74, 6) is 0. The van der Waals surface area contributed by atoms with Crippen LogP contribution in [-0.4, -0.2) is 24.8 Å². The lowest BCUT2D eigenvalue weighted by Crippen LogP contribution is -2.50. The Hall–Kier alpha value is -1.08. The highest BCUT2D eigenvalue weighted by atomic mass is 32.2. The topological polar surface area (TPSA) is 37.4 Å². The molecule has 0 bridgehead atoms. The number of hydrogen-bond acceptors (Lipinski definition) is 2. The summed E-state index contributed by atoms with van der Waals surface area (Å²) >= 11 is 0. The molecule has 1 fully saturated rings. The molecule has 1 saturated heterocycles. The van der Waals surface area contributed by atoms with E-state index in [9.17, 15) is 21.6 Å². The minimum atomic E-state index is -4.55. The van der Waals surface area contributed by atoms with Crippen molar-refractivity contribution in [3.05, 3.63) is 29.8 Å². The highest BCUT2D eigenvalue weighted by Gasteiger charge is 2.40. The van der Waals surface area contributed by atoms with E-state index in [2.05, 4.69) is 0 Å². The standard InChI is InChI=1S/C14H18F3NO2S/c1-13(2)8-3-4-9-18(13)21(19,20)12-7-5-6-11(10-12)14(15,16)17/h5-7,10H,3-4,8-9H2,1-2H3. The minimum absolute atomic E-state index is 0.299. The minimum Gasteiger partial charge on any atom is -0.207 e. The van der Waals surface area contributed by atoms with E-state index < -0.39 is 27.3 Å². The summed E-state index contributed by atoms with van der Waals surface area (Å²) in [5, 5.41) is 0. The predicted octanol–water partition coefficient (Wildman–Crippen LogP) is 3.66. The van der Waals surface area contributed by atoms with Crippen LogP contribution in [0.2, 0.25) is 0 Å². The number of alkyl halides is 3. The van der Waals surface area contributed by atoms with Crippen molar-refractivity contribution < 1.29 is 21.6 Å². The summed E-state index contributed by atoms with van der Waals surface area (Å²) in [7, 11) is -3.92. The van der Waals surface area contributed by atoms with Crippen LogP contribution in [0.4, 0.5) is 13.2 Å². The number of hydrogen-bond donors (Lipinski definition) is 0. The second-order valence-electron chi connectivity index (χ2n) is 5.87. The van der Waals surface area contributed by atoms with E-state index in [4.69, 9.17) is 0 Å². The largest absolute Gasteiger partial charge is 0.416 e. The van der Waals surface area contributed by atoms with Crippen LogP contribution in [0.5, 0.6) is 0 Å². The Kier molecular flexibility index (Phi) is 4.10. The summed E-state index contributed by atoms with van der Waals surface area (Å²) < 4.78 is 64.8. The average molecular weight is 321 g/mol. The van der Waals surface area contributed by atoms with Gasteiger partial charge in [0, 0.05) is 12.1 Å². The molecule has 118 valence electrons. The molecular weight excluding hydrogens is 303 g/mol. The second kappa shape index (κ2) is 5.28. The average Bonchev–Trinajstić information content (AvgIpc) is 2.37. The molecule has 1 heterocycles. The molecule has 1 aromatic rings. The van der Waals surface area contributed by atoms with Crippen molar-refractivity contribution in [2.45, 2.75) is 49.7 Å². The third kappa shape index (κ3) is 3.23. The Morgan fingerprint density at radius 3 is 2.43 bits per heavy atom. The fraction of sp³-hybridized carbons (Fsp3) is 0.571. The number of benzene rings is 1. The fourth-order valence-corrected chi connectivity index (χ4v) is 4.54. The first-order valence-electron chi connectivity index (χ1n) is 6.75. The van der Waals surface area contributed by atoms with Gasteiger partial charge >= 0.3 is 6.18 Å². The predicted molar refractivity (Wildman–Crippen MR) is 73.3 cm³/mol. The third-order valence-electron chi connectivity index (χ3n) is 3.82. The quantitative estimate of drug-likeness (QED) is 0.833. The summed E-state index contributed by atoms with van der Waals surface area (Å²) in [5.41, 5.74) is -1.52. The normalized spacial score (nSPS) is 20.4. The number of halogens is 3. The van der Waals surface area contributed by atoms with Crippen LogP contribution < -0.4 is 0 Å². The van der Waals surface area contributed by atoms with Crippen molar-refractivity contribution in [2.24, 2.45) is 0 Å². The second-order valence-corrected chi connectivity index (χ2v) is 7.73. The Bertz CT molecular complexity index is 623. The van der Waals surface area contributed by atoms with E-state index in [1.807, 2.05) is 0 Å². The van der Waals surface area contributed by atoms with E-state index in [1.165, 1.54) is 10.4 Å². The summed E-state index contributed by atoms with van der Waals surface area (Å²) in [6, 6.07) is 3.93. The molecule has 7 heteroatoms. The smallest absolute Gasteiger partial charge is 0.207 e. The Labute approximate surface area is 122 Å². The molecule has 0 aliphatic carbocycles. The maximum absolute atomic E-state index is 12.7. The molecule has 0 spiro atoms. The molecule has 0 amide bonds. The van der Waals surface area contributed by atoms with E-state index in [-0.39, 0.29) is 4.90 Å². The van der Waals surface area contributed by atoms with Gasteiger partial charge in [0.05, 0.1) is 10.5 Å². The van der Waals surface area contributed by atoms with Crippen molar-refractivity contribution in [3.8, 4) is 0 Å². The van der Waals surface area contributed by atoms with Gasteiger partial charge in [-0.3, -0.25) is 0 Å². The molecule has 1 aromatic carbocycles. The van der Waals surface area contributed by atoms with Gasteiger partial charge in [0.15, 0.2) is 0 Å². The van der Waals surface area contributed by atoms with Gasteiger partial charge < -0.3 is 0 Å². The van der Waals surface area contributed by atoms with Crippen LogP contribution in [0.3, 0.4) is 0 Å². The number of sulfonamides is 1. The van der Waals surface area contributed by atoms with Gasteiger partial charge in [0.1, 0.15) is 0 Å². The SMILES string of the molecule is CC1(C)CCCCN1S(=O)(=O)c1cccc(C(F)(F)F)c1. The number of nitrogens with zero attached hydrogens (tertiary/aromatic N) is 1. The molecule has 1 aliphatic heterocycles. The maximum atomic E-state index is 12.7. The molecule has 0 N–H and O–H groups in total. The van der Waals surface area contributed by atoms with Crippen LogP contribution in [0, 0.1) is 0 Å². The van der Waals surface area contributed by atoms with Gasteiger partial charge in [-0.1, -0.05) is 12.5 Å². The van der Waals surface area contributed by atoms with Gasteiger partial charge in [-0.15, -0.1) is 0 Å². The van der Waals surface area contributed by atoms with Gasteiger partial charge in [0.2, 0.25) is 10.0 Å². The number of rotatable bonds is 2. The van der Waals surface area contributed by atoms with Gasteiger partial charge in [-0.2, -0.15) is 17.5 Å². The first-order valence-corrected chi connectivity index (χ1v) is 8.19. The van der Waals surface area contributed by atoms with Crippen molar-refractivity contribution in [1.29, 1.82) is 0 Å². The highest BCUT2D eigenvalue weighted by molar-refractivity contribution is 7.89. The summed E-state index contributed by atoms with van der Waals surface area (Å²) in [6.07, 6.45) is -2.21. The fourth-order valence-electron chi connectivity index (χ4n) is 2.65. The molecule has 0 saturated carbocycles. The Morgan fingerprint density at radius 1 is 1.19 bits per heavy atom. The first-order chi connectivity index (χ1) is 9.55. The van der Waals surface area contributed by atoms with Gasteiger partial charge in [-0.25, -0.2) is 8.42 Å². The van der Waals surface area contributed by atoms with Gasteiger partial charge in [-0.05, 0) is 44.9 Å². The third-order valence-corrected chi connectivity index (χ3v) is 5.93. The van der Waals surface area contributed by atoms with Gasteiger partial charge in [0.25, 0.3) is 0 Å². The molecule has 0 radical (unpaired) electrons. The lowest BCUT2D eigenvalue weighted by molar-refractivity contribution is -0.137.